The van der Waals surface area contributed by atoms with Crippen LogP contribution in [-0.2, 0) is 21.0 Å². The van der Waals surface area contributed by atoms with Crippen LogP contribution in [0.15, 0.2) is 23.1 Å². The minimum Gasteiger partial charge on any atom is -0.347 e. The van der Waals surface area contributed by atoms with E-state index in [1.807, 2.05) is 0 Å². The Labute approximate surface area is 143 Å². The van der Waals surface area contributed by atoms with Gasteiger partial charge in [0.1, 0.15) is 6.04 Å². The van der Waals surface area contributed by atoms with E-state index in [1.165, 1.54) is 19.0 Å². The largest absolute Gasteiger partial charge is 0.417 e. The van der Waals surface area contributed by atoms with Crippen molar-refractivity contribution in [2.45, 2.75) is 30.0 Å². The maximum Gasteiger partial charge on any atom is 0.417 e. The van der Waals surface area contributed by atoms with Crippen LogP contribution >= 0.6 is 11.6 Å². The zero-order valence-corrected chi connectivity index (χ0v) is 14.5. The molecule has 1 aliphatic rings. The van der Waals surface area contributed by atoms with Gasteiger partial charge in [-0.3, -0.25) is 4.79 Å². The molecular formula is C14H16ClF3N2O3S. The summed E-state index contributed by atoms with van der Waals surface area (Å²) in [6.45, 7) is -0.00744. The monoisotopic (exact) mass is 384 g/mol. The second-order valence-electron chi connectivity index (χ2n) is 5.64. The molecule has 1 aromatic rings. The van der Waals surface area contributed by atoms with Crippen LogP contribution in [0.5, 0.6) is 0 Å². The van der Waals surface area contributed by atoms with E-state index >= 15 is 0 Å². The summed E-state index contributed by atoms with van der Waals surface area (Å²) in [5, 5.41) is -0.219. The van der Waals surface area contributed by atoms with Crippen molar-refractivity contribution in [2.24, 2.45) is 0 Å². The van der Waals surface area contributed by atoms with E-state index < -0.39 is 38.6 Å². The van der Waals surface area contributed by atoms with Crippen LogP contribution in [0, 0.1) is 0 Å². The van der Waals surface area contributed by atoms with Gasteiger partial charge in [-0.15, -0.1) is 0 Å². The molecule has 0 spiro atoms. The zero-order valence-electron chi connectivity index (χ0n) is 13.0. The first kappa shape index (κ1) is 19.0. The Balaban J connectivity index is 2.54. The molecule has 0 aromatic heterocycles. The highest BCUT2D eigenvalue weighted by atomic mass is 35.5. The van der Waals surface area contributed by atoms with E-state index in [-0.39, 0.29) is 18.0 Å². The molecule has 1 fully saturated rings. The van der Waals surface area contributed by atoms with Gasteiger partial charge < -0.3 is 4.90 Å². The fraction of sp³-hybridized carbons (Fsp3) is 0.500. The van der Waals surface area contributed by atoms with E-state index in [0.717, 1.165) is 16.4 Å². The van der Waals surface area contributed by atoms with Crippen molar-refractivity contribution in [2.75, 3.05) is 20.6 Å². The van der Waals surface area contributed by atoms with Gasteiger partial charge in [0.2, 0.25) is 15.9 Å². The summed E-state index contributed by atoms with van der Waals surface area (Å²) in [6, 6.07) is 1.49. The Kier molecular flexibility index (Phi) is 5.17. The highest BCUT2D eigenvalue weighted by Gasteiger charge is 2.44. The Morgan fingerprint density at radius 3 is 2.50 bits per heavy atom. The van der Waals surface area contributed by atoms with Crippen molar-refractivity contribution >= 4 is 27.5 Å². The maximum absolute atomic E-state index is 13.2. The van der Waals surface area contributed by atoms with Crippen LogP contribution in [0.1, 0.15) is 18.4 Å². The molecule has 2 rings (SSSR count). The average molecular weight is 385 g/mol. The molecule has 134 valence electrons. The predicted octanol–water partition coefficient (Wildman–Crippen LogP) is 2.60. The maximum atomic E-state index is 13.2. The number of halogens is 4. The second-order valence-corrected chi connectivity index (χ2v) is 7.94. The van der Waals surface area contributed by atoms with E-state index in [9.17, 15) is 26.4 Å². The first-order chi connectivity index (χ1) is 11.0. The van der Waals surface area contributed by atoms with Crippen molar-refractivity contribution in [3.8, 4) is 0 Å². The Morgan fingerprint density at radius 1 is 1.33 bits per heavy atom. The molecule has 10 heteroatoms. The van der Waals surface area contributed by atoms with Gasteiger partial charge in [-0.05, 0) is 31.0 Å². The lowest BCUT2D eigenvalue weighted by molar-refractivity contribution is -0.139. The van der Waals surface area contributed by atoms with Crippen molar-refractivity contribution < 1.29 is 26.4 Å². The molecule has 24 heavy (non-hydrogen) atoms. The smallest absolute Gasteiger partial charge is 0.347 e. The molecule has 1 aliphatic heterocycles. The van der Waals surface area contributed by atoms with Gasteiger partial charge in [-0.2, -0.15) is 17.5 Å². The predicted molar refractivity (Wildman–Crippen MR) is 82.1 cm³/mol. The lowest BCUT2D eigenvalue weighted by Crippen LogP contribution is -2.45. The summed E-state index contributed by atoms with van der Waals surface area (Å²) in [7, 11) is -1.56. The number of carbonyl (C=O) groups excluding carboxylic acids is 1. The van der Waals surface area contributed by atoms with Crippen LogP contribution in [0.4, 0.5) is 13.2 Å². The summed E-state index contributed by atoms with van der Waals surface area (Å²) in [6.07, 6.45) is -4.21. The fourth-order valence-electron chi connectivity index (χ4n) is 2.65. The lowest BCUT2D eigenvalue weighted by Gasteiger charge is -2.26. The summed E-state index contributed by atoms with van der Waals surface area (Å²) < 4.78 is 66.0. The van der Waals surface area contributed by atoms with Crippen LogP contribution in [-0.4, -0.2) is 50.2 Å². The van der Waals surface area contributed by atoms with Crippen molar-refractivity contribution in [3.63, 3.8) is 0 Å². The number of rotatable bonds is 3. The molecule has 1 unspecified atom stereocenters. The molecule has 1 heterocycles. The molecule has 0 bridgehead atoms. The molecule has 1 saturated heterocycles. The quantitative estimate of drug-likeness (QED) is 0.805. The number of nitrogens with zero attached hydrogens (tertiary/aromatic N) is 2. The lowest BCUT2D eigenvalue weighted by atomic mass is 10.2. The number of hydrogen-bond donors (Lipinski definition) is 0. The highest BCUT2D eigenvalue weighted by molar-refractivity contribution is 7.89. The normalized spacial score (nSPS) is 19.5. The number of carbonyl (C=O) groups is 1. The minimum atomic E-state index is -4.88. The van der Waals surface area contributed by atoms with Crippen molar-refractivity contribution in [1.29, 1.82) is 0 Å². The zero-order chi connectivity index (χ0) is 18.3. The molecule has 1 amide bonds. The van der Waals surface area contributed by atoms with Crippen LogP contribution in [0.3, 0.4) is 0 Å². The third-order valence-electron chi connectivity index (χ3n) is 3.76. The second kappa shape index (κ2) is 6.53. The first-order valence-corrected chi connectivity index (χ1v) is 8.88. The van der Waals surface area contributed by atoms with Gasteiger partial charge in [-0.25, -0.2) is 8.42 Å². The van der Waals surface area contributed by atoms with E-state index in [0.29, 0.717) is 12.5 Å². The van der Waals surface area contributed by atoms with Crippen LogP contribution in [0.2, 0.25) is 5.02 Å². The van der Waals surface area contributed by atoms with Crippen LogP contribution in [0.25, 0.3) is 0 Å². The van der Waals surface area contributed by atoms with E-state index in [2.05, 4.69) is 0 Å². The first-order valence-electron chi connectivity index (χ1n) is 7.06. The van der Waals surface area contributed by atoms with Gasteiger partial charge in [0.05, 0.1) is 10.5 Å². The SMILES string of the molecule is CN(C)C(=O)C1CCCN1S(=O)(=O)c1ccc(Cl)cc1C(F)(F)F. The fourth-order valence-corrected chi connectivity index (χ4v) is 4.67. The number of amides is 1. The van der Waals surface area contributed by atoms with Gasteiger partial charge >= 0.3 is 6.18 Å². The number of hydrogen-bond acceptors (Lipinski definition) is 3. The average Bonchev–Trinajstić information content (AvgIpc) is 2.95. The molecule has 0 N–H and O–H groups in total. The summed E-state index contributed by atoms with van der Waals surface area (Å²) in [5.41, 5.74) is -1.34. The molecule has 0 saturated carbocycles. The number of alkyl halides is 3. The topological polar surface area (TPSA) is 57.7 Å². The minimum absolute atomic E-state index is 0.00744. The molecule has 0 aliphatic carbocycles. The number of likely N-dealkylation sites (N-methyl/N-ethyl adjacent to an activating group) is 1. The van der Waals surface area contributed by atoms with Gasteiger partial charge in [0, 0.05) is 25.7 Å². The summed E-state index contributed by atoms with van der Waals surface area (Å²) in [5.74, 6) is -0.460. The summed E-state index contributed by atoms with van der Waals surface area (Å²) in [4.78, 5) is 12.5. The standard InChI is InChI=1S/C14H16ClF3N2O3S/c1-19(2)13(21)11-4-3-7-20(11)24(22,23)12-6-5-9(15)8-10(12)14(16,17)18/h5-6,8,11H,3-4,7H2,1-2H3. The molecule has 5 nitrogen and oxygen atoms in total. The highest BCUT2D eigenvalue weighted by Crippen LogP contribution is 2.38. The molecule has 1 aromatic carbocycles. The Morgan fingerprint density at radius 2 is 1.96 bits per heavy atom. The van der Waals surface area contributed by atoms with Gasteiger partial charge in [0.15, 0.2) is 0 Å². The van der Waals surface area contributed by atoms with E-state index in [1.54, 1.807) is 0 Å². The third kappa shape index (κ3) is 3.52. The number of sulfonamides is 1. The van der Waals surface area contributed by atoms with Crippen molar-refractivity contribution in [1.82, 2.24) is 9.21 Å². The third-order valence-corrected chi connectivity index (χ3v) is 5.96. The van der Waals surface area contributed by atoms with E-state index in [4.69, 9.17) is 11.6 Å². The van der Waals surface area contributed by atoms with Gasteiger partial charge in [-0.1, -0.05) is 11.6 Å². The Hall–Kier alpha value is -1.32. The number of benzene rings is 1. The molecular weight excluding hydrogens is 369 g/mol. The van der Waals surface area contributed by atoms with Crippen molar-refractivity contribution in [3.05, 3.63) is 28.8 Å². The van der Waals surface area contributed by atoms with Gasteiger partial charge in [0.25, 0.3) is 0 Å². The van der Waals surface area contributed by atoms with Crippen LogP contribution < -0.4 is 0 Å². The Bertz CT molecular complexity index is 750. The molecule has 1 atom stereocenters. The summed E-state index contributed by atoms with van der Waals surface area (Å²) >= 11 is 5.58. The molecule has 0 radical (unpaired) electrons.